The minimum atomic E-state index is -3.76. The fourth-order valence-corrected chi connectivity index (χ4v) is 8.35. The van der Waals surface area contributed by atoms with Gasteiger partial charge < -0.3 is 26.3 Å². The van der Waals surface area contributed by atoms with Crippen LogP contribution in [0.25, 0.3) is 56.2 Å². The number of aromatic nitrogens is 10. The maximum Gasteiger partial charge on any atom is 0.246 e. The Bertz CT molecular complexity index is 2550. The van der Waals surface area contributed by atoms with Crippen LogP contribution in [0.5, 0.6) is 0 Å². The SMILES string of the molecule is CCn1c(-c2nonc2N)nc2cncc(-c3ccc(S(C)=O)cc3)c21.CCn1c(-c2nonc2N)nc2cncc(S(=O)(=O)N3CC[C@H](N)C3)c21.Cl.Cl. The van der Waals surface area contributed by atoms with Gasteiger partial charge in [-0.25, -0.2) is 27.6 Å². The van der Waals surface area contributed by atoms with Crippen molar-refractivity contribution in [2.24, 2.45) is 5.73 Å². The monoisotopic (exact) mass is 818 g/mol. The fourth-order valence-electron chi connectivity index (χ4n) is 6.16. The number of nitrogens with zero attached hydrogens (tertiary/aromatic N) is 11. The molecule has 7 heterocycles. The molecule has 1 saturated heterocycles. The molecular formula is C31H36Cl2N14O5S2. The second kappa shape index (κ2) is 16.1. The van der Waals surface area contributed by atoms with E-state index >= 15 is 0 Å². The highest BCUT2D eigenvalue weighted by Gasteiger charge is 2.34. The quantitative estimate of drug-likeness (QED) is 0.199. The Morgan fingerprint density at radius 1 is 0.815 bits per heavy atom. The zero-order valence-electron chi connectivity index (χ0n) is 29.1. The summed E-state index contributed by atoms with van der Waals surface area (Å²) in [6.45, 7) is 5.66. The number of aryl methyl sites for hydroxylation is 2. The van der Waals surface area contributed by atoms with Crippen LogP contribution in [0.4, 0.5) is 11.6 Å². The van der Waals surface area contributed by atoms with E-state index in [0.29, 0.717) is 54.4 Å². The molecule has 0 saturated carbocycles. The number of pyridine rings is 2. The van der Waals surface area contributed by atoms with E-state index in [1.165, 1.54) is 16.7 Å². The van der Waals surface area contributed by atoms with Crippen LogP contribution in [0, 0.1) is 0 Å². The first-order valence-electron chi connectivity index (χ1n) is 16.1. The third kappa shape index (κ3) is 7.12. The number of anilines is 2. The molecule has 0 radical (unpaired) electrons. The summed E-state index contributed by atoms with van der Waals surface area (Å²) in [5, 5.41) is 14.9. The van der Waals surface area contributed by atoms with Crippen LogP contribution in [-0.2, 0) is 33.9 Å². The second-order valence-electron chi connectivity index (χ2n) is 11.8. The van der Waals surface area contributed by atoms with Gasteiger partial charge in [-0.05, 0) is 58.6 Å². The smallest absolute Gasteiger partial charge is 0.246 e. The summed E-state index contributed by atoms with van der Waals surface area (Å²) in [7, 11) is -4.78. The third-order valence-corrected chi connectivity index (χ3v) is 11.5. The predicted molar refractivity (Wildman–Crippen MR) is 205 cm³/mol. The highest BCUT2D eigenvalue weighted by molar-refractivity contribution is 7.89. The van der Waals surface area contributed by atoms with Gasteiger partial charge in [-0.2, -0.15) is 4.31 Å². The number of halogens is 2. The van der Waals surface area contributed by atoms with E-state index in [1.807, 2.05) is 42.7 Å². The number of hydrogen-bond donors (Lipinski definition) is 3. The van der Waals surface area contributed by atoms with Gasteiger partial charge in [-0.15, -0.1) is 24.8 Å². The molecule has 286 valence electrons. The second-order valence-corrected chi connectivity index (χ2v) is 15.1. The first-order valence-corrected chi connectivity index (χ1v) is 19.1. The van der Waals surface area contributed by atoms with Gasteiger partial charge in [-0.3, -0.25) is 14.2 Å². The molecule has 0 bridgehead atoms. The normalized spacial score (nSPS) is 15.1. The molecule has 19 nitrogen and oxygen atoms in total. The Morgan fingerprint density at radius 3 is 1.83 bits per heavy atom. The Morgan fingerprint density at radius 2 is 1.35 bits per heavy atom. The van der Waals surface area contributed by atoms with Crippen LogP contribution >= 0.6 is 24.8 Å². The lowest BCUT2D eigenvalue weighted by Gasteiger charge is -2.17. The summed E-state index contributed by atoms with van der Waals surface area (Å²) in [4.78, 5) is 18.3. The molecule has 0 aliphatic carbocycles. The highest BCUT2D eigenvalue weighted by Crippen LogP contribution is 2.34. The number of nitrogens with two attached hydrogens (primary N) is 3. The minimum Gasteiger partial charge on any atom is -0.379 e. The van der Waals surface area contributed by atoms with Gasteiger partial charge in [0.1, 0.15) is 15.9 Å². The van der Waals surface area contributed by atoms with Crippen molar-refractivity contribution in [3.63, 3.8) is 0 Å². The molecule has 7 aromatic rings. The molecular weight excluding hydrogens is 783 g/mol. The van der Waals surface area contributed by atoms with E-state index in [-0.39, 0.29) is 59.6 Å². The van der Waals surface area contributed by atoms with Crippen LogP contribution in [-0.4, -0.2) is 92.0 Å². The minimum absolute atomic E-state index is 0. The Hall–Kier alpha value is -5.06. The standard InChI is InChI=1S/C17H16N6O2S.C14H18N8O3S.2ClH/c1-3-23-15-12(10-4-6-11(7-5-10)26(2)24)8-19-9-13(15)20-17(23)14-16(18)22-25-21-14;1-2-22-12-9(18-14(22)11-13(16)20-25-19-11)5-17-6-10(12)26(23,24)21-4-3-8(15)7-21;;/h4-9H,3H2,1-2H3,(H2,18,22);5-6,8H,2-4,7,15H2,1H3,(H2,16,20);2*1H/t;8-;;/m.0../s1. The summed E-state index contributed by atoms with van der Waals surface area (Å²) < 4.78 is 52.4. The molecule has 6 aromatic heterocycles. The predicted octanol–water partition coefficient (Wildman–Crippen LogP) is 3.14. The van der Waals surface area contributed by atoms with Gasteiger partial charge in [0, 0.05) is 72.1 Å². The summed E-state index contributed by atoms with van der Waals surface area (Å²) in [5.41, 5.74) is 22.6. The maximum atomic E-state index is 13.1. The average molecular weight is 820 g/mol. The lowest BCUT2D eigenvalue weighted by atomic mass is 10.1. The molecule has 0 spiro atoms. The summed E-state index contributed by atoms with van der Waals surface area (Å²) in [6.07, 6.45) is 8.62. The molecule has 1 aliphatic heterocycles. The number of nitrogen functional groups attached to an aromatic ring is 2. The lowest BCUT2D eigenvalue weighted by Crippen LogP contribution is -2.32. The summed E-state index contributed by atoms with van der Waals surface area (Å²) in [6, 6.07) is 7.43. The highest BCUT2D eigenvalue weighted by atomic mass is 35.5. The molecule has 2 atom stereocenters. The van der Waals surface area contributed by atoms with Crippen molar-refractivity contribution in [1.82, 2.24) is 54.0 Å². The number of benzene rings is 1. The molecule has 23 heteroatoms. The largest absolute Gasteiger partial charge is 0.379 e. The zero-order chi connectivity index (χ0) is 36.7. The van der Waals surface area contributed by atoms with E-state index in [9.17, 15) is 12.6 Å². The molecule has 8 rings (SSSR count). The first kappa shape index (κ1) is 40.1. The first-order chi connectivity index (χ1) is 25.0. The van der Waals surface area contributed by atoms with Gasteiger partial charge in [0.2, 0.25) is 10.0 Å². The number of rotatable bonds is 8. The van der Waals surface area contributed by atoms with Gasteiger partial charge in [0.25, 0.3) is 0 Å². The maximum absolute atomic E-state index is 13.1. The third-order valence-electron chi connectivity index (χ3n) is 8.65. The van der Waals surface area contributed by atoms with Crippen LogP contribution in [0.15, 0.2) is 68.1 Å². The number of imidazole rings is 2. The van der Waals surface area contributed by atoms with Gasteiger partial charge in [0.05, 0.1) is 23.4 Å². The van der Waals surface area contributed by atoms with Crippen molar-refractivity contribution in [1.29, 1.82) is 0 Å². The van der Waals surface area contributed by atoms with Crippen LogP contribution < -0.4 is 17.2 Å². The molecule has 0 amide bonds. The van der Waals surface area contributed by atoms with Crippen LogP contribution in [0.2, 0.25) is 0 Å². The number of fused-ring (bicyclic) bond motifs is 2. The van der Waals surface area contributed by atoms with E-state index in [1.54, 1.807) is 23.2 Å². The Labute approximate surface area is 323 Å². The zero-order valence-corrected chi connectivity index (χ0v) is 32.3. The van der Waals surface area contributed by atoms with E-state index in [4.69, 9.17) is 21.8 Å². The molecule has 1 unspecified atom stereocenters. The summed E-state index contributed by atoms with van der Waals surface area (Å²) in [5.74, 6) is 1.24. The molecule has 1 aromatic carbocycles. The average Bonchev–Trinajstić information content (AvgIpc) is 3.98. The lowest BCUT2D eigenvalue weighted by molar-refractivity contribution is 0.310. The van der Waals surface area contributed by atoms with Gasteiger partial charge in [-0.1, -0.05) is 12.1 Å². The number of hydrogen-bond acceptors (Lipinski definition) is 16. The topological polar surface area (TPSA) is 272 Å². The summed E-state index contributed by atoms with van der Waals surface area (Å²) >= 11 is 0. The van der Waals surface area contributed by atoms with E-state index in [2.05, 4.69) is 45.2 Å². The van der Waals surface area contributed by atoms with Gasteiger partial charge >= 0.3 is 0 Å². The van der Waals surface area contributed by atoms with Crippen molar-refractivity contribution < 1.29 is 21.9 Å². The molecule has 6 N–H and O–H groups in total. The van der Waals surface area contributed by atoms with Crippen molar-refractivity contribution in [2.45, 2.75) is 49.2 Å². The van der Waals surface area contributed by atoms with E-state index < -0.39 is 20.8 Å². The molecule has 1 aliphatic rings. The van der Waals surface area contributed by atoms with Crippen molar-refractivity contribution in [3.8, 4) is 34.2 Å². The van der Waals surface area contributed by atoms with Crippen LogP contribution in [0.3, 0.4) is 0 Å². The van der Waals surface area contributed by atoms with Crippen molar-refractivity contribution in [3.05, 3.63) is 49.1 Å². The fraction of sp³-hybridized carbons (Fsp3) is 0.290. The Kier molecular flexibility index (Phi) is 12.0. The van der Waals surface area contributed by atoms with Crippen molar-refractivity contribution in [2.75, 3.05) is 30.8 Å². The molecule has 1 fully saturated rings. The van der Waals surface area contributed by atoms with Crippen LogP contribution in [0.1, 0.15) is 20.3 Å². The van der Waals surface area contributed by atoms with Gasteiger partial charge in [0.15, 0.2) is 34.7 Å². The Balaban J connectivity index is 0.000000200. The number of sulfonamides is 1. The van der Waals surface area contributed by atoms with E-state index in [0.717, 1.165) is 27.1 Å². The molecule has 54 heavy (non-hydrogen) atoms. The van der Waals surface area contributed by atoms with Crippen molar-refractivity contribution >= 4 is 79.3 Å².